The summed E-state index contributed by atoms with van der Waals surface area (Å²) in [6, 6.07) is 8.05. The number of amides is 1. The number of pyridine rings is 1. The predicted molar refractivity (Wildman–Crippen MR) is 100 cm³/mol. The molecule has 1 aromatic heterocycles. The van der Waals surface area contributed by atoms with Gasteiger partial charge in [-0.05, 0) is 24.6 Å². The van der Waals surface area contributed by atoms with Gasteiger partial charge in [-0.2, -0.15) is 0 Å². The molecule has 1 aromatic carbocycles. The van der Waals surface area contributed by atoms with Gasteiger partial charge >= 0.3 is 0 Å². The molecule has 0 aliphatic carbocycles. The standard InChI is InChI=1S/C20H24FN3O2/c1-2-3-4-5-6-13-26-17-11-7-9-15(18(17)21)14-24-20(25)16-10-8-12-23-19(16)22/h5-12H,2-4,13-14H2,1H3,(H2,22,23)(H,24,25)/b6-5+. The van der Waals surface area contributed by atoms with E-state index in [1.165, 1.54) is 6.20 Å². The molecular weight excluding hydrogens is 333 g/mol. The lowest BCUT2D eigenvalue weighted by molar-refractivity contribution is 0.0951. The molecule has 0 saturated carbocycles. The highest BCUT2D eigenvalue weighted by Crippen LogP contribution is 2.20. The first-order valence-electron chi connectivity index (χ1n) is 8.67. The number of carbonyl (C=O) groups is 1. The SMILES string of the molecule is CCCC/C=C/COc1cccc(CNC(=O)c2cccnc2N)c1F. The van der Waals surface area contributed by atoms with Gasteiger partial charge in [-0.1, -0.05) is 44.1 Å². The lowest BCUT2D eigenvalue weighted by atomic mass is 10.2. The van der Waals surface area contributed by atoms with Gasteiger partial charge in [0.15, 0.2) is 11.6 Å². The van der Waals surface area contributed by atoms with Crippen molar-refractivity contribution >= 4 is 11.7 Å². The Morgan fingerprint density at radius 1 is 1.31 bits per heavy atom. The third-order valence-electron chi connectivity index (χ3n) is 3.79. The highest BCUT2D eigenvalue weighted by Gasteiger charge is 2.13. The van der Waals surface area contributed by atoms with Crippen molar-refractivity contribution in [2.45, 2.75) is 32.7 Å². The molecule has 26 heavy (non-hydrogen) atoms. The molecule has 138 valence electrons. The molecule has 5 nitrogen and oxygen atoms in total. The summed E-state index contributed by atoms with van der Waals surface area (Å²) in [6.45, 7) is 2.47. The Hall–Kier alpha value is -2.89. The molecule has 2 aromatic rings. The smallest absolute Gasteiger partial charge is 0.255 e. The van der Waals surface area contributed by atoms with E-state index in [0.29, 0.717) is 12.2 Å². The fourth-order valence-corrected chi connectivity index (χ4v) is 2.33. The van der Waals surface area contributed by atoms with E-state index in [-0.39, 0.29) is 23.7 Å². The maximum Gasteiger partial charge on any atom is 0.255 e. The van der Waals surface area contributed by atoms with E-state index in [0.717, 1.165) is 19.3 Å². The Bertz CT molecular complexity index is 762. The lowest BCUT2D eigenvalue weighted by Crippen LogP contribution is -2.24. The van der Waals surface area contributed by atoms with Gasteiger partial charge < -0.3 is 15.8 Å². The molecule has 0 atom stereocenters. The average Bonchev–Trinajstić information content (AvgIpc) is 2.65. The Labute approximate surface area is 153 Å². The number of unbranched alkanes of at least 4 members (excludes halogenated alkanes) is 2. The van der Waals surface area contributed by atoms with Crippen LogP contribution in [0.3, 0.4) is 0 Å². The van der Waals surface area contributed by atoms with Crippen LogP contribution in [0, 0.1) is 5.82 Å². The van der Waals surface area contributed by atoms with E-state index in [2.05, 4.69) is 17.2 Å². The summed E-state index contributed by atoms with van der Waals surface area (Å²) in [4.78, 5) is 16.0. The molecule has 0 unspecified atom stereocenters. The molecule has 0 fully saturated rings. The van der Waals surface area contributed by atoms with E-state index >= 15 is 0 Å². The minimum absolute atomic E-state index is 0.0303. The molecular formula is C20H24FN3O2. The fraction of sp³-hybridized carbons (Fsp3) is 0.300. The molecule has 0 radical (unpaired) electrons. The summed E-state index contributed by atoms with van der Waals surface area (Å²) in [7, 11) is 0. The molecule has 1 amide bonds. The Morgan fingerprint density at radius 2 is 2.15 bits per heavy atom. The largest absolute Gasteiger partial charge is 0.486 e. The molecule has 1 heterocycles. The summed E-state index contributed by atoms with van der Waals surface area (Å²) in [5.41, 5.74) is 6.27. The van der Waals surface area contributed by atoms with Crippen LogP contribution in [0.25, 0.3) is 0 Å². The molecule has 0 bridgehead atoms. The third-order valence-corrected chi connectivity index (χ3v) is 3.79. The van der Waals surface area contributed by atoms with Gasteiger partial charge in [-0.15, -0.1) is 0 Å². The number of rotatable bonds is 9. The number of nitrogens with zero attached hydrogens (tertiary/aromatic N) is 1. The Balaban J connectivity index is 1.93. The topological polar surface area (TPSA) is 77.2 Å². The zero-order chi connectivity index (χ0) is 18.8. The molecule has 0 spiro atoms. The average molecular weight is 357 g/mol. The number of allylic oxidation sites excluding steroid dienone is 1. The van der Waals surface area contributed by atoms with E-state index in [1.54, 1.807) is 30.3 Å². The molecule has 0 saturated heterocycles. The number of nitrogens with two attached hydrogens (primary N) is 1. The number of hydrogen-bond donors (Lipinski definition) is 2. The van der Waals surface area contributed by atoms with Crippen molar-refractivity contribution in [1.29, 1.82) is 0 Å². The van der Waals surface area contributed by atoms with Crippen LogP contribution in [0.1, 0.15) is 42.1 Å². The number of hydrogen-bond acceptors (Lipinski definition) is 4. The first kappa shape index (κ1) is 19.4. The maximum absolute atomic E-state index is 14.5. The van der Waals surface area contributed by atoms with Crippen molar-refractivity contribution in [2.24, 2.45) is 0 Å². The molecule has 0 aliphatic rings. The van der Waals surface area contributed by atoms with E-state index < -0.39 is 11.7 Å². The van der Waals surface area contributed by atoms with Crippen molar-refractivity contribution < 1.29 is 13.9 Å². The van der Waals surface area contributed by atoms with Crippen LogP contribution >= 0.6 is 0 Å². The zero-order valence-electron chi connectivity index (χ0n) is 14.9. The van der Waals surface area contributed by atoms with Crippen LogP contribution in [-0.4, -0.2) is 17.5 Å². The molecule has 3 N–H and O–H groups in total. The second-order valence-corrected chi connectivity index (χ2v) is 5.77. The van der Waals surface area contributed by atoms with Crippen molar-refractivity contribution in [1.82, 2.24) is 10.3 Å². The summed E-state index contributed by atoms with van der Waals surface area (Å²) in [5, 5.41) is 2.65. The van der Waals surface area contributed by atoms with Crippen molar-refractivity contribution in [3.05, 3.63) is 65.6 Å². The van der Waals surface area contributed by atoms with Gasteiger partial charge in [-0.25, -0.2) is 9.37 Å². The van der Waals surface area contributed by atoms with Crippen LogP contribution in [0.2, 0.25) is 0 Å². The summed E-state index contributed by atoms with van der Waals surface area (Å²) >= 11 is 0. The van der Waals surface area contributed by atoms with Crippen molar-refractivity contribution in [3.8, 4) is 5.75 Å². The minimum Gasteiger partial charge on any atom is -0.486 e. The van der Waals surface area contributed by atoms with Crippen LogP contribution < -0.4 is 15.8 Å². The number of nitrogen functional groups attached to an aromatic ring is 1. The van der Waals surface area contributed by atoms with Gasteiger partial charge in [0.2, 0.25) is 0 Å². The van der Waals surface area contributed by atoms with Crippen molar-refractivity contribution in [3.63, 3.8) is 0 Å². The number of anilines is 1. The second-order valence-electron chi connectivity index (χ2n) is 5.77. The molecule has 2 rings (SSSR count). The normalized spacial score (nSPS) is 10.8. The van der Waals surface area contributed by atoms with E-state index in [9.17, 15) is 9.18 Å². The van der Waals surface area contributed by atoms with Gasteiger partial charge in [0.25, 0.3) is 5.91 Å². The fourth-order valence-electron chi connectivity index (χ4n) is 2.33. The zero-order valence-corrected chi connectivity index (χ0v) is 14.9. The summed E-state index contributed by atoms with van der Waals surface area (Å²) < 4.78 is 20.0. The van der Waals surface area contributed by atoms with Crippen LogP contribution in [0.4, 0.5) is 10.2 Å². The highest BCUT2D eigenvalue weighted by molar-refractivity contribution is 5.98. The maximum atomic E-state index is 14.5. The summed E-state index contributed by atoms with van der Waals surface area (Å²) in [6.07, 6.45) is 8.67. The van der Waals surface area contributed by atoms with Gasteiger partial charge in [0, 0.05) is 18.3 Å². The Kier molecular flexibility index (Phi) is 7.61. The van der Waals surface area contributed by atoms with Crippen LogP contribution in [0.15, 0.2) is 48.7 Å². The lowest BCUT2D eigenvalue weighted by Gasteiger charge is -2.10. The highest BCUT2D eigenvalue weighted by atomic mass is 19.1. The van der Waals surface area contributed by atoms with E-state index in [4.69, 9.17) is 10.5 Å². The van der Waals surface area contributed by atoms with Crippen LogP contribution in [-0.2, 0) is 6.54 Å². The Morgan fingerprint density at radius 3 is 2.92 bits per heavy atom. The van der Waals surface area contributed by atoms with Crippen molar-refractivity contribution in [2.75, 3.05) is 12.3 Å². The third kappa shape index (κ3) is 5.58. The minimum atomic E-state index is -0.478. The molecule has 0 aliphatic heterocycles. The quantitative estimate of drug-likeness (QED) is 0.528. The van der Waals surface area contributed by atoms with E-state index in [1.807, 2.05) is 12.2 Å². The number of benzene rings is 1. The predicted octanol–water partition coefficient (Wildman–Crippen LogP) is 3.86. The van der Waals surface area contributed by atoms with Crippen LogP contribution in [0.5, 0.6) is 5.75 Å². The number of nitrogens with one attached hydrogen (secondary N) is 1. The number of aromatic nitrogens is 1. The first-order valence-corrected chi connectivity index (χ1v) is 8.67. The van der Waals surface area contributed by atoms with Gasteiger partial charge in [0.1, 0.15) is 12.4 Å². The second kappa shape index (κ2) is 10.2. The van der Waals surface area contributed by atoms with Gasteiger partial charge in [0.05, 0.1) is 5.56 Å². The molecule has 6 heteroatoms. The monoisotopic (exact) mass is 357 g/mol. The summed E-state index contributed by atoms with van der Waals surface area (Å²) in [5.74, 6) is -0.579. The van der Waals surface area contributed by atoms with Gasteiger partial charge in [-0.3, -0.25) is 4.79 Å². The first-order chi connectivity index (χ1) is 12.6. The number of carbonyl (C=O) groups excluding carboxylic acids is 1. The number of ether oxygens (including phenoxy) is 1. The number of halogens is 1.